The molecule has 0 unspecified atom stereocenters. The first kappa shape index (κ1) is 11.7. The average Bonchev–Trinajstić information content (AvgIpc) is 2.98. The first-order valence-corrected chi connectivity index (χ1v) is 6.19. The number of hydrogen-bond acceptors (Lipinski definition) is 5. The zero-order valence-corrected chi connectivity index (χ0v) is 10.9. The van der Waals surface area contributed by atoms with Crippen molar-refractivity contribution in [3.63, 3.8) is 0 Å². The van der Waals surface area contributed by atoms with Gasteiger partial charge < -0.3 is 9.73 Å². The summed E-state index contributed by atoms with van der Waals surface area (Å²) < 4.78 is 5.52. The highest BCUT2D eigenvalue weighted by Crippen LogP contribution is 2.18. The lowest BCUT2D eigenvalue weighted by atomic mass is 10.3. The molecule has 6 heteroatoms. The van der Waals surface area contributed by atoms with E-state index in [1.807, 2.05) is 26.0 Å². The molecule has 2 N–H and O–H groups in total. The molecule has 0 saturated heterocycles. The van der Waals surface area contributed by atoms with Gasteiger partial charge in [-0.2, -0.15) is 5.10 Å². The van der Waals surface area contributed by atoms with E-state index in [2.05, 4.69) is 25.5 Å². The van der Waals surface area contributed by atoms with E-state index in [-0.39, 0.29) is 0 Å². The lowest BCUT2D eigenvalue weighted by Gasteiger charge is -2.04. The van der Waals surface area contributed by atoms with E-state index >= 15 is 0 Å². The molecule has 3 heterocycles. The van der Waals surface area contributed by atoms with Crippen molar-refractivity contribution in [3.8, 4) is 0 Å². The molecule has 0 radical (unpaired) electrons. The number of hydrogen-bond donors (Lipinski definition) is 2. The Labute approximate surface area is 110 Å². The van der Waals surface area contributed by atoms with Crippen LogP contribution in [0.15, 0.2) is 22.9 Å². The summed E-state index contributed by atoms with van der Waals surface area (Å²) in [6.45, 7) is 4.63. The van der Waals surface area contributed by atoms with Crippen LogP contribution in [-0.4, -0.2) is 26.7 Å². The van der Waals surface area contributed by atoms with Crippen molar-refractivity contribution in [2.45, 2.75) is 20.3 Å². The number of furan rings is 1. The minimum absolute atomic E-state index is 0.741. The molecule has 0 aliphatic heterocycles. The molecule has 19 heavy (non-hydrogen) atoms. The van der Waals surface area contributed by atoms with Gasteiger partial charge in [0.2, 0.25) is 0 Å². The van der Waals surface area contributed by atoms with Crippen molar-refractivity contribution < 1.29 is 4.42 Å². The van der Waals surface area contributed by atoms with Gasteiger partial charge in [0.05, 0.1) is 5.69 Å². The molecule has 0 fully saturated rings. The number of anilines is 1. The van der Waals surface area contributed by atoms with E-state index < -0.39 is 0 Å². The van der Waals surface area contributed by atoms with Gasteiger partial charge in [0.1, 0.15) is 23.4 Å². The van der Waals surface area contributed by atoms with Crippen LogP contribution in [0.2, 0.25) is 0 Å². The monoisotopic (exact) mass is 257 g/mol. The van der Waals surface area contributed by atoms with Gasteiger partial charge in [-0.15, -0.1) is 0 Å². The largest absolute Gasteiger partial charge is 0.466 e. The molecular formula is C13H15N5O. The molecule has 0 spiro atoms. The molecule has 3 rings (SSSR count). The van der Waals surface area contributed by atoms with E-state index in [0.29, 0.717) is 0 Å². The number of nitrogens with one attached hydrogen (secondary N) is 2. The van der Waals surface area contributed by atoms with Gasteiger partial charge in [-0.25, -0.2) is 9.97 Å². The second-order valence-electron chi connectivity index (χ2n) is 4.46. The smallest absolute Gasteiger partial charge is 0.157 e. The van der Waals surface area contributed by atoms with Crippen LogP contribution in [0.3, 0.4) is 0 Å². The summed E-state index contributed by atoms with van der Waals surface area (Å²) in [7, 11) is 0. The predicted octanol–water partition coefficient (Wildman–Crippen LogP) is 2.22. The van der Waals surface area contributed by atoms with Gasteiger partial charge in [-0.05, 0) is 26.0 Å². The fourth-order valence-electron chi connectivity index (χ4n) is 2.00. The predicted molar refractivity (Wildman–Crippen MR) is 72.1 cm³/mol. The van der Waals surface area contributed by atoms with E-state index in [9.17, 15) is 0 Å². The van der Waals surface area contributed by atoms with E-state index in [1.165, 1.54) is 0 Å². The Kier molecular flexibility index (Phi) is 2.91. The van der Waals surface area contributed by atoms with Crippen molar-refractivity contribution in [2.24, 2.45) is 0 Å². The Balaban J connectivity index is 1.71. The number of nitrogens with zero attached hydrogens (tertiary/aromatic N) is 3. The maximum atomic E-state index is 5.52. The summed E-state index contributed by atoms with van der Waals surface area (Å²) in [5.41, 5.74) is 2.57. The zero-order valence-electron chi connectivity index (χ0n) is 10.9. The first-order valence-electron chi connectivity index (χ1n) is 6.19. The fourth-order valence-corrected chi connectivity index (χ4v) is 2.00. The molecule has 6 nitrogen and oxygen atoms in total. The third-order valence-electron chi connectivity index (χ3n) is 2.97. The Morgan fingerprint density at radius 2 is 2.11 bits per heavy atom. The van der Waals surface area contributed by atoms with Crippen LogP contribution in [0.5, 0.6) is 0 Å². The summed E-state index contributed by atoms with van der Waals surface area (Å²) in [5.74, 6) is 2.65. The topological polar surface area (TPSA) is 79.6 Å². The molecule has 0 saturated carbocycles. The number of rotatable bonds is 4. The number of aromatic amines is 1. The minimum Gasteiger partial charge on any atom is -0.466 e. The van der Waals surface area contributed by atoms with Crippen LogP contribution in [0, 0.1) is 13.8 Å². The first-order chi connectivity index (χ1) is 9.24. The van der Waals surface area contributed by atoms with E-state index in [0.717, 1.165) is 47.0 Å². The van der Waals surface area contributed by atoms with Crippen LogP contribution < -0.4 is 5.32 Å². The molecule has 98 valence electrons. The number of aryl methyl sites for hydroxylation is 2. The number of aromatic nitrogens is 4. The molecular weight excluding hydrogens is 242 g/mol. The van der Waals surface area contributed by atoms with E-state index in [4.69, 9.17) is 4.42 Å². The minimum atomic E-state index is 0.741. The van der Waals surface area contributed by atoms with Gasteiger partial charge in [-0.1, -0.05) is 0 Å². The van der Waals surface area contributed by atoms with Crippen LogP contribution in [0.1, 0.15) is 17.2 Å². The molecule has 0 atom stereocenters. The summed E-state index contributed by atoms with van der Waals surface area (Å²) in [4.78, 5) is 8.43. The lowest BCUT2D eigenvalue weighted by Crippen LogP contribution is -2.06. The Morgan fingerprint density at radius 1 is 1.21 bits per heavy atom. The van der Waals surface area contributed by atoms with Crippen LogP contribution in [0.4, 0.5) is 5.82 Å². The standard InChI is InChI=1S/C13H15N5O/c1-8-3-4-10(19-8)5-6-14-13-12-11(15-7-16-13)9(2)17-18-12/h3-4,7H,5-6H2,1-2H3,(H,17,18)(H,14,15,16). The maximum Gasteiger partial charge on any atom is 0.157 e. The Hall–Kier alpha value is -2.37. The third-order valence-corrected chi connectivity index (χ3v) is 2.97. The normalized spacial score (nSPS) is 11.1. The quantitative estimate of drug-likeness (QED) is 0.749. The second kappa shape index (κ2) is 4.72. The molecule has 0 aliphatic rings. The van der Waals surface area contributed by atoms with Crippen molar-refractivity contribution in [2.75, 3.05) is 11.9 Å². The molecule has 0 bridgehead atoms. The highest BCUT2D eigenvalue weighted by atomic mass is 16.3. The van der Waals surface area contributed by atoms with Crippen LogP contribution in [-0.2, 0) is 6.42 Å². The fraction of sp³-hybridized carbons (Fsp3) is 0.308. The highest BCUT2D eigenvalue weighted by molar-refractivity contribution is 5.86. The Bertz CT molecular complexity index is 700. The summed E-state index contributed by atoms with van der Waals surface area (Å²) in [6, 6.07) is 3.96. The van der Waals surface area contributed by atoms with Gasteiger partial charge in [-0.3, -0.25) is 5.10 Å². The van der Waals surface area contributed by atoms with Crippen LogP contribution >= 0.6 is 0 Å². The van der Waals surface area contributed by atoms with Crippen molar-refractivity contribution in [1.29, 1.82) is 0 Å². The van der Waals surface area contributed by atoms with Crippen molar-refractivity contribution in [3.05, 3.63) is 35.7 Å². The summed E-state index contributed by atoms with van der Waals surface area (Å²) >= 11 is 0. The highest BCUT2D eigenvalue weighted by Gasteiger charge is 2.08. The average molecular weight is 257 g/mol. The lowest BCUT2D eigenvalue weighted by molar-refractivity contribution is 0.486. The maximum absolute atomic E-state index is 5.52. The van der Waals surface area contributed by atoms with Gasteiger partial charge in [0.15, 0.2) is 11.3 Å². The zero-order chi connectivity index (χ0) is 13.2. The molecule has 3 aromatic heterocycles. The molecule has 0 amide bonds. The molecule has 0 aliphatic carbocycles. The SMILES string of the molecule is Cc1ccc(CCNc2ncnc3c(C)[nH]nc23)o1. The number of H-pyrrole nitrogens is 1. The van der Waals surface area contributed by atoms with Gasteiger partial charge in [0, 0.05) is 13.0 Å². The summed E-state index contributed by atoms with van der Waals surface area (Å²) in [6.07, 6.45) is 2.35. The van der Waals surface area contributed by atoms with Crippen molar-refractivity contribution >= 4 is 16.9 Å². The molecule has 3 aromatic rings. The Morgan fingerprint density at radius 3 is 2.89 bits per heavy atom. The van der Waals surface area contributed by atoms with Gasteiger partial charge >= 0.3 is 0 Å². The van der Waals surface area contributed by atoms with E-state index in [1.54, 1.807) is 6.33 Å². The van der Waals surface area contributed by atoms with Crippen LogP contribution in [0.25, 0.3) is 11.0 Å². The van der Waals surface area contributed by atoms with Gasteiger partial charge in [0.25, 0.3) is 0 Å². The third kappa shape index (κ3) is 2.29. The molecule has 0 aromatic carbocycles. The van der Waals surface area contributed by atoms with Crippen molar-refractivity contribution in [1.82, 2.24) is 20.2 Å². The number of fused-ring (bicyclic) bond motifs is 1. The second-order valence-corrected chi connectivity index (χ2v) is 4.46. The summed E-state index contributed by atoms with van der Waals surface area (Å²) in [5, 5.41) is 10.4.